The molecule has 0 bridgehead atoms. The molecule has 2 heteroatoms. The first-order valence-corrected chi connectivity index (χ1v) is 6.01. The molecule has 0 N–H and O–H groups in total. The summed E-state index contributed by atoms with van der Waals surface area (Å²) in [6, 6.07) is 0.545. The minimum Gasteiger partial charge on any atom is -0.343 e. The van der Waals surface area contributed by atoms with Gasteiger partial charge in [-0.1, -0.05) is 39.0 Å². The second kappa shape index (κ2) is 6.05. The van der Waals surface area contributed by atoms with E-state index in [-0.39, 0.29) is 0 Å². The van der Waals surface area contributed by atoms with Gasteiger partial charge in [-0.25, -0.2) is 0 Å². The predicted octanol–water partition coefficient (Wildman–Crippen LogP) is 2.97. The van der Waals surface area contributed by atoms with E-state index < -0.39 is 0 Å². The highest BCUT2D eigenvalue weighted by molar-refractivity contribution is 5.78. The van der Waals surface area contributed by atoms with Crippen LogP contribution in [0.3, 0.4) is 0 Å². The number of amides is 1. The lowest BCUT2D eigenvalue weighted by atomic mass is 10.0. The molecule has 0 spiro atoms. The number of hydrogen-bond acceptors (Lipinski definition) is 1. The van der Waals surface area contributed by atoms with Gasteiger partial charge in [0.05, 0.1) is 0 Å². The maximum Gasteiger partial charge on any atom is 0.222 e. The first-order valence-electron chi connectivity index (χ1n) is 6.01. The maximum absolute atomic E-state index is 11.2. The molecule has 1 saturated heterocycles. The van der Waals surface area contributed by atoms with E-state index >= 15 is 0 Å². The molecule has 1 fully saturated rings. The standard InChI is InChI=1S/C12H23NO/c1-3-4-5-6-7-8-11-9-10-12(14)13(11)2/h11H,3-10H2,1-2H3. The monoisotopic (exact) mass is 197 g/mol. The Kier molecular flexibility index (Phi) is 4.99. The highest BCUT2D eigenvalue weighted by atomic mass is 16.2. The van der Waals surface area contributed by atoms with Crippen LogP contribution in [0.4, 0.5) is 0 Å². The van der Waals surface area contributed by atoms with Crippen LogP contribution in [0.2, 0.25) is 0 Å². The summed E-state index contributed by atoms with van der Waals surface area (Å²) in [6.07, 6.45) is 9.74. The lowest BCUT2D eigenvalue weighted by molar-refractivity contribution is -0.127. The van der Waals surface area contributed by atoms with E-state index in [1.807, 2.05) is 11.9 Å². The Morgan fingerprint density at radius 2 is 2.00 bits per heavy atom. The fourth-order valence-corrected chi connectivity index (χ4v) is 2.19. The van der Waals surface area contributed by atoms with Crippen molar-refractivity contribution in [1.29, 1.82) is 0 Å². The van der Waals surface area contributed by atoms with Gasteiger partial charge in [-0.3, -0.25) is 4.79 Å². The molecule has 1 aliphatic rings. The van der Waals surface area contributed by atoms with E-state index in [4.69, 9.17) is 0 Å². The molecule has 82 valence electrons. The highest BCUT2D eigenvalue weighted by Gasteiger charge is 2.26. The second-order valence-corrected chi connectivity index (χ2v) is 4.40. The quantitative estimate of drug-likeness (QED) is 0.599. The van der Waals surface area contributed by atoms with Gasteiger partial charge in [0.1, 0.15) is 0 Å². The number of rotatable bonds is 6. The van der Waals surface area contributed by atoms with Crippen LogP contribution < -0.4 is 0 Å². The van der Waals surface area contributed by atoms with Crippen LogP contribution in [0.15, 0.2) is 0 Å². The van der Waals surface area contributed by atoms with Crippen molar-refractivity contribution in [2.75, 3.05) is 7.05 Å². The summed E-state index contributed by atoms with van der Waals surface area (Å²) in [5.41, 5.74) is 0. The van der Waals surface area contributed by atoms with Crippen molar-refractivity contribution in [2.24, 2.45) is 0 Å². The number of carbonyl (C=O) groups excluding carboxylic acids is 1. The van der Waals surface area contributed by atoms with Crippen molar-refractivity contribution in [2.45, 2.75) is 64.3 Å². The Bertz CT molecular complexity index is 179. The molecule has 2 nitrogen and oxygen atoms in total. The third-order valence-electron chi connectivity index (χ3n) is 3.27. The summed E-state index contributed by atoms with van der Waals surface area (Å²) in [5, 5.41) is 0. The number of hydrogen-bond donors (Lipinski definition) is 0. The van der Waals surface area contributed by atoms with Crippen molar-refractivity contribution in [3.63, 3.8) is 0 Å². The second-order valence-electron chi connectivity index (χ2n) is 4.40. The van der Waals surface area contributed by atoms with Gasteiger partial charge >= 0.3 is 0 Å². The molecule has 1 rings (SSSR count). The van der Waals surface area contributed by atoms with Crippen molar-refractivity contribution in [1.82, 2.24) is 4.90 Å². The van der Waals surface area contributed by atoms with Crippen LogP contribution in [-0.4, -0.2) is 23.9 Å². The van der Waals surface area contributed by atoms with Gasteiger partial charge in [-0.2, -0.15) is 0 Å². The number of carbonyl (C=O) groups is 1. The van der Waals surface area contributed by atoms with Gasteiger partial charge in [0.2, 0.25) is 5.91 Å². The topological polar surface area (TPSA) is 20.3 Å². The Morgan fingerprint density at radius 1 is 1.29 bits per heavy atom. The van der Waals surface area contributed by atoms with Crippen LogP contribution in [0, 0.1) is 0 Å². The van der Waals surface area contributed by atoms with E-state index in [1.165, 1.54) is 38.5 Å². The molecule has 0 aromatic heterocycles. The van der Waals surface area contributed by atoms with E-state index in [2.05, 4.69) is 6.92 Å². The van der Waals surface area contributed by atoms with Crippen LogP contribution >= 0.6 is 0 Å². The zero-order chi connectivity index (χ0) is 10.4. The zero-order valence-electron chi connectivity index (χ0n) is 9.59. The van der Waals surface area contributed by atoms with Gasteiger partial charge in [-0.15, -0.1) is 0 Å². The summed E-state index contributed by atoms with van der Waals surface area (Å²) in [7, 11) is 1.95. The minimum absolute atomic E-state index is 0.337. The van der Waals surface area contributed by atoms with E-state index in [1.54, 1.807) is 0 Å². The molecule has 0 saturated carbocycles. The molecule has 0 aromatic carbocycles. The maximum atomic E-state index is 11.2. The molecule has 1 atom stereocenters. The van der Waals surface area contributed by atoms with E-state index in [0.29, 0.717) is 11.9 Å². The van der Waals surface area contributed by atoms with Gasteiger partial charge in [0.25, 0.3) is 0 Å². The first kappa shape index (κ1) is 11.5. The van der Waals surface area contributed by atoms with Gasteiger partial charge in [-0.05, 0) is 12.8 Å². The molecule has 1 heterocycles. The molecular formula is C12H23NO. The van der Waals surface area contributed by atoms with Crippen molar-refractivity contribution in [3.8, 4) is 0 Å². The van der Waals surface area contributed by atoms with Crippen LogP contribution in [0.1, 0.15) is 58.3 Å². The number of unbranched alkanes of at least 4 members (excludes halogenated alkanes) is 4. The van der Waals surface area contributed by atoms with Gasteiger partial charge < -0.3 is 4.90 Å². The Hall–Kier alpha value is -0.530. The first-order chi connectivity index (χ1) is 6.75. The van der Waals surface area contributed by atoms with Gasteiger partial charge in [0, 0.05) is 19.5 Å². The van der Waals surface area contributed by atoms with Crippen molar-refractivity contribution < 1.29 is 4.79 Å². The molecule has 0 aromatic rings. The average molecular weight is 197 g/mol. The Balaban J connectivity index is 2.04. The minimum atomic E-state index is 0.337. The molecule has 1 aliphatic heterocycles. The third-order valence-corrected chi connectivity index (χ3v) is 3.27. The fraction of sp³-hybridized carbons (Fsp3) is 0.917. The van der Waals surface area contributed by atoms with Crippen molar-refractivity contribution in [3.05, 3.63) is 0 Å². The Morgan fingerprint density at radius 3 is 2.57 bits per heavy atom. The molecule has 1 unspecified atom stereocenters. The molecule has 0 aliphatic carbocycles. The lowest BCUT2D eigenvalue weighted by Crippen LogP contribution is -2.28. The van der Waals surface area contributed by atoms with Crippen molar-refractivity contribution >= 4 is 5.91 Å². The number of nitrogens with zero attached hydrogens (tertiary/aromatic N) is 1. The molecule has 1 amide bonds. The molecular weight excluding hydrogens is 174 g/mol. The molecule has 14 heavy (non-hydrogen) atoms. The number of likely N-dealkylation sites (tertiary alicyclic amines) is 1. The van der Waals surface area contributed by atoms with E-state index in [0.717, 1.165) is 12.8 Å². The summed E-state index contributed by atoms with van der Waals surface area (Å²) >= 11 is 0. The Labute approximate surface area is 87.7 Å². The summed E-state index contributed by atoms with van der Waals surface area (Å²) < 4.78 is 0. The smallest absolute Gasteiger partial charge is 0.222 e. The average Bonchev–Trinajstić information content (AvgIpc) is 2.49. The van der Waals surface area contributed by atoms with Crippen LogP contribution in [0.5, 0.6) is 0 Å². The summed E-state index contributed by atoms with van der Waals surface area (Å²) in [5.74, 6) is 0.337. The van der Waals surface area contributed by atoms with E-state index in [9.17, 15) is 4.79 Å². The zero-order valence-corrected chi connectivity index (χ0v) is 9.59. The van der Waals surface area contributed by atoms with Gasteiger partial charge in [0.15, 0.2) is 0 Å². The SMILES string of the molecule is CCCCCCCC1CCC(=O)N1C. The normalized spacial score (nSPS) is 22.0. The van der Waals surface area contributed by atoms with Crippen LogP contribution in [-0.2, 0) is 4.79 Å². The highest BCUT2D eigenvalue weighted by Crippen LogP contribution is 2.21. The summed E-state index contributed by atoms with van der Waals surface area (Å²) in [6.45, 7) is 2.24. The third kappa shape index (κ3) is 3.32. The summed E-state index contributed by atoms with van der Waals surface area (Å²) in [4.78, 5) is 13.2. The largest absolute Gasteiger partial charge is 0.343 e. The fourth-order valence-electron chi connectivity index (χ4n) is 2.19. The lowest BCUT2D eigenvalue weighted by Gasteiger charge is -2.19. The van der Waals surface area contributed by atoms with Crippen LogP contribution in [0.25, 0.3) is 0 Å². The molecule has 0 radical (unpaired) electrons. The predicted molar refractivity (Wildman–Crippen MR) is 59.2 cm³/mol.